The third kappa shape index (κ3) is 2.90. The summed E-state index contributed by atoms with van der Waals surface area (Å²) in [5.41, 5.74) is 1.67. The van der Waals surface area contributed by atoms with Gasteiger partial charge in [0.25, 0.3) is 0 Å². The van der Waals surface area contributed by atoms with E-state index < -0.39 is 0 Å². The van der Waals surface area contributed by atoms with Crippen molar-refractivity contribution in [3.63, 3.8) is 0 Å². The van der Waals surface area contributed by atoms with E-state index in [0.29, 0.717) is 0 Å². The fourth-order valence-electron chi connectivity index (χ4n) is 1.16. The first kappa shape index (κ1) is 9.78. The van der Waals surface area contributed by atoms with Gasteiger partial charge in [-0.1, -0.05) is 25.5 Å². The van der Waals surface area contributed by atoms with E-state index in [0.717, 1.165) is 36.9 Å². The van der Waals surface area contributed by atoms with Gasteiger partial charge >= 0.3 is 0 Å². The van der Waals surface area contributed by atoms with Crippen molar-refractivity contribution in [2.24, 2.45) is 0 Å². The summed E-state index contributed by atoms with van der Waals surface area (Å²) in [6, 6.07) is 7.55. The maximum Gasteiger partial charge on any atom is 0.152 e. The second-order valence-corrected chi connectivity index (χ2v) is 2.99. The first-order valence-corrected chi connectivity index (χ1v) is 4.66. The molecule has 0 aliphatic carbocycles. The largest absolute Gasteiger partial charge is 0.384 e. The molecule has 1 aromatic rings. The molecule has 0 fully saturated rings. The Morgan fingerprint density at radius 3 is 2.85 bits per heavy atom. The standard InChI is InChI=1S/C11H15NO/c1-2-3-8-12-11-7-5-4-6-10(11)9-13/h4-7,9,12H,2-3,8H2,1H3. The maximum atomic E-state index is 10.6. The van der Waals surface area contributed by atoms with Gasteiger partial charge in [0.05, 0.1) is 0 Å². The lowest BCUT2D eigenvalue weighted by atomic mass is 10.2. The molecular weight excluding hydrogens is 162 g/mol. The molecule has 0 saturated heterocycles. The monoisotopic (exact) mass is 177 g/mol. The van der Waals surface area contributed by atoms with E-state index in [4.69, 9.17) is 0 Å². The van der Waals surface area contributed by atoms with Crippen molar-refractivity contribution < 1.29 is 4.79 Å². The van der Waals surface area contributed by atoms with Gasteiger partial charge in [0.15, 0.2) is 6.29 Å². The molecular formula is C11H15NO. The number of carbonyl (C=O) groups is 1. The van der Waals surface area contributed by atoms with E-state index in [-0.39, 0.29) is 0 Å². The average molecular weight is 177 g/mol. The number of benzene rings is 1. The minimum Gasteiger partial charge on any atom is -0.384 e. The third-order valence-corrected chi connectivity index (χ3v) is 1.93. The minimum absolute atomic E-state index is 0.735. The van der Waals surface area contributed by atoms with Crippen LogP contribution >= 0.6 is 0 Å². The van der Waals surface area contributed by atoms with E-state index in [2.05, 4.69) is 12.2 Å². The van der Waals surface area contributed by atoms with Gasteiger partial charge in [-0.05, 0) is 18.6 Å². The summed E-state index contributed by atoms with van der Waals surface area (Å²) >= 11 is 0. The van der Waals surface area contributed by atoms with Gasteiger partial charge in [-0.15, -0.1) is 0 Å². The molecule has 0 radical (unpaired) electrons. The lowest BCUT2D eigenvalue weighted by Gasteiger charge is -2.06. The molecule has 0 aliphatic rings. The highest BCUT2D eigenvalue weighted by atomic mass is 16.1. The van der Waals surface area contributed by atoms with Crippen molar-refractivity contribution in [1.82, 2.24) is 0 Å². The SMILES string of the molecule is CCCCNc1ccccc1C=O. The number of hydrogen-bond donors (Lipinski definition) is 1. The van der Waals surface area contributed by atoms with Crippen molar-refractivity contribution in [3.8, 4) is 0 Å². The first-order chi connectivity index (χ1) is 6.38. The molecule has 0 saturated carbocycles. The molecule has 2 heteroatoms. The summed E-state index contributed by atoms with van der Waals surface area (Å²) in [5, 5.41) is 3.23. The average Bonchev–Trinajstić information content (AvgIpc) is 2.19. The topological polar surface area (TPSA) is 29.1 Å². The van der Waals surface area contributed by atoms with Gasteiger partial charge in [0.1, 0.15) is 0 Å². The fraction of sp³-hybridized carbons (Fsp3) is 0.364. The third-order valence-electron chi connectivity index (χ3n) is 1.93. The molecule has 1 aromatic carbocycles. The molecule has 0 amide bonds. The summed E-state index contributed by atoms with van der Waals surface area (Å²) in [6.07, 6.45) is 3.18. The van der Waals surface area contributed by atoms with Gasteiger partial charge in [0, 0.05) is 17.8 Å². The molecule has 0 spiro atoms. The highest BCUT2D eigenvalue weighted by Gasteiger charge is 1.97. The molecule has 0 aromatic heterocycles. The molecule has 2 nitrogen and oxygen atoms in total. The van der Waals surface area contributed by atoms with Crippen LogP contribution in [0.25, 0.3) is 0 Å². The summed E-state index contributed by atoms with van der Waals surface area (Å²) in [4.78, 5) is 10.6. The Morgan fingerprint density at radius 2 is 2.15 bits per heavy atom. The lowest BCUT2D eigenvalue weighted by Crippen LogP contribution is -2.03. The fourth-order valence-corrected chi connectivity index (χ4v) is 1.16. The van der Waals surface area contributed by atoms with Crippen LogP contribution in [0.3, 0.4) is 0 Å². The van der Waals surface area contributed by atoms with Crippen molar-refractivity contribution in [1.29, 1.82) is 0 Å². The molecule has 0 heterocycles. The van der Waals surface area contributed by atoms with Gasteiger partial charge in [-0.3, -0.25) is 4.79 Å². The van der Waals surface area contributed by atoms with Crippen molar-refractivity contribution >= 4 is 12.0 Å². The van der Waals surface area contributed by atoms with E-state index in [1.807, 2.05) is 24.3 Å². The van der Waals surface area contributed by atoms with E-state index in [1.54, 1.807) is 0 Å². The van der Waals surface area contributed by atoms with Crippen LogP contribution in [0.15, 0.2) is 24.3 Å². The van der Waals surface area contributed by atoms with Crippen LogP contribution in [0.1, 0.15) is 30.1 Å². The number of nitrogens with one attached hydrogen (secondary N) is 1. The first-order valence-electron chi connectivity index (χ1n) is 4.66. The van der Waals surface area contributed by atoms with E-state index >= 15 is 0 Å². The number of unbranched alkanes of at least 4 members (excludes halogenated alkanes) is 1. The lowest BCUT2D eigenvalue weighted by molar-refractivity contribution is 0.112. The molecule has 0 atom stereocenters. The van der Waals surface area contributed by atoms with Crippen LogP contribution in [-0.4, -0.2) is 12.8 Å². The Balaban J connectivity index is 2.59. The predicted octanol–water partition coefficient (Wildman–Crippen LogP) is 2.71. The van der Waals surface area contributed by atoms with Gasteiger partial charge in [0.2, 0.25) is 0 Å². The Morgan fingerprint density at radius 1 is 1.38 bits per heavy atom. The second kappa shape index (κ2) is 5.36. The van der Waals surface area contributed by atoms with Gasteiger partial charge in [-0.2, -0.15) is 0 Å². The van der Waals surface area contributed by atoms with Crippen LogP contribution in [0, 0.1) is 0 Å². The van der Waals surface area contributed by atoms with Crippen LogP contribution < -0.4 is 5.32 Å². The zero-order valence-electron chi connectivity index (χ0n) is 7.92. The highest BCUT2D eigenvalue weighted by Crippen LogP contribution is 2.12. The van der Waals surface area contributed by atoms with Crippen molar-refractivity contribution in [3.05, 3.63) is 29.8 Å². The quantitative estimate of drug-likeness (QED) is 0.553. The zero-order chi connectivity index (χ0) is 9.52. The normalized spacial score (nSPS) is 9.62. The molecule has 0 aliphatic heterocycles. The van der Waals surface area contributed by atoms with Gasteiger partial charge < -0.3 is 5.32 Å². The molecule has 0 unspecified atom stereocenters. The number of rotatable bonds is 5. The van der Waals surface area contributed by atoms with Crippen LogP contribution in [0.4, 0.5) is 5.69 Å². The summed E-state index contributed by atoms with van der Waals surface area (Å²) in [7, 11) is 0. The van der Waals surface area contributed by atoms with Crippen LogP contribution in [-0.2, 0) is 0 Å². The number of carbonyl (C=O) groups excluding carboxylic acids is 1. The number of anilines is 1. The zero-order valence-corrected chi connectivity index (χ0v) is 7.92. The summed E-state index contributed by atoms with van der Waals surface area (Å²) in [5.74, 6) is 0. The van der Waals surface area contributed by atoms with Crippen molar-refractivity contribution in [2.45, 2.75) is 19.8 Å². The molecule has 0 bridgehead atoms. The van der Waals surface area contributed by atoms with Crippen LogP contribution in [0.5, 0.6) is 0 Å². The number of para-hydroxylation sites is 1. The summed E-state index contributed by atoms with van der Waals surface area (Å²) in [6.45, 7) is 3.08. The Kier molecular flexibility index (Phi) is 4.03. The van der Waals surface area contributed by atoms with E-state index in [9.17, 15) is 4.79 Å². The number of hydrogen-bond acceptors (Lipinski definition) is 2. The molecule has 1 rings (SSSR count). The van der Waals surface area contributed by atoms with E-state index in [1.165, 1.54) is 0 Å². The van der Waals surface area contributed by atoms with Gasteiger partial charge in [-0.25, -0.2) is 0 Å². The molecule has 1 N–H and O–H groups in total. The second-order valence-electron chi connectivity index (χ2n) is 2.99. The smallest absolute Gasteiger partial charge is 0.152 e. The highest BCUT2D eigenvalue weighted by molar-refractivity contribution is 5.83. The van der Waals surface area contributed by atoms with Crippen LogP contribution in [0.2, 0.25) is 0 Å². The Hall–Kier alpha value is -1.31. The Labute approximate surface area is 79.0 Å². The predicted molar refractivity (Wildman–Crippen MR) is 55.2 cm³/mol. The van der Waals surface area contributed by atoms with Crippen molar-refractivity contribution in [2.75, 3.05) is 11.9 Å². The molecule has 13 heavy (non-hydrogen) atoms. The molecule has 70 valence electrons. The summed E-state index contributed by atoms with van der Waals surface area (Å²) < 4.78 is 0. The minimum atomic E-state index is 0.735. The Bertz CT molecular complexity index is 271. The maximum absolute atomic E-state index is 10.6. The number of aldehydes is 1.